The van der Waals surface area contributed by atoms with Crippen LogP contribution in [0.1, 0.15) is 64.7 Å². The number of hydrogen-bond donors (Lipinski definition) is 3. The summed E-state index contributed by atoms with van der Waals surface area (Å²) in [5.41, 5.74) is 10.1. The van der Waals surface area contributed by atoms with Gasteiger partial charge in [0, 0.05) is 12.6 Å². The fraction of sp³-hybridized carbons (Fsp3) is 0.667. The summed E-state index contributed by atoms with van der Waals surface area (Å²) in [6.45, 7) is 2.14. The summed E-state index contributed by atoms with van der Waals surface area (Å²) in [5, 5.41) is 2.15. The van der Waals surface area contributed by atoms with Gasteiger partial charge < -0.3 is 16.2 Å². The monoisotopic (exact) mass is 447 g/mol. The number of barbiturate groups is 1. The highest BCUT2D eigenvalue weighted by molar-refractivity contribution is 6.29. The molecule has 2 saturated heterocycles. The number of unbranched alkanes of at least 4 members (excludes halogenated alkanes) is 1. The molecular formula is C21H29N5O6. The average molecular weight is 447 g/mol. The quantitative estimate of drug-likeness (QED) is 0.421. The number of imide groups is 3. The predicted molar refractivity (Wildman–Crippen MR) is 110 cm³/mol. The lowest BCUT2D eigenvalue weighted by Gasteiger charge is -2.58. The van der Waals surface area contributed by atoms with Gasteiger partial charge in [-0.1, -0.05) is 13.3 Å². The number of carbonyl (C=O) groups is 5. The van der Waals surface area contributed by atoms with Crippen molar-refractivity contribution in [3.63, 3.8) is 0 Å². The molecule has 2 aliphatic heterocycles. The summed E-state index contributed by atoms with van der Waals surface area (Å²) in [4.78, 5) is 64.3. The summed E-state index contributed by atoms with van der Waals surface area (Å²) in [5.74, 6) is -2.19. The second-order valence-electron chi connectivity index (χ2n) is 9.48. The molecule has 0 aromatic carbocycles. The molecule has 4 rings (SSSR count). The average Bonchev–Trinajstić information content (AvgIpc) is 2.67. The maximum absolute atomic E-state index is 13.1. The third kappa shape index (κ3) is 3.59. The summed E-state index contributed by atoms with van der Waals surface area (Å²) in [6.07, 6.45) is 4.58. The summed E-state index contributed by atoms with van der Waals surface area (Å²) >= 11 is 0. The Bertz CT molecular complexity index is 890. The second kappa shape index (κ2) is 7.79. The van der Waals surface area contributed by atoms with E-state index < -0.39 is 29.5 Å². The van der Waals surface area contributed by atoms with Gasteiger partial charge in [0.2, 0.25) is 5.91 Å². The number of ether oxygens (including phenoxy) is 1. The lowest BCUT2D eigenvalue weighted by molar-refractivity contribution is -0.172. The van der Waals surface area contributed by atoms with Crippen LogP contribution in [0.15, 0.2) is 11.4 Å². The second-order valence-corrected chi connectivity index (χ2v) is 9.48. The molecule has 11 nitrogen and oxygen atoms in total. The molecule has 0 atom stereocenters. The lowest BCUT2D eigenvalue weighted by atomic mass is 9.52. The molecule has 2 spiro atoms. The molecule has 0 radical (unpaired) electrons. The van der Waals surface area contributed by atoms with Crippen LogP contribution in [0.25, 0.3) is 0 Å². The minimum Gasteiger partial charge on any atom is -0.442 e. The lowest BCUT2D eigenvalue weighted by Crippen LogP contribution is -2.64. The van der Waals surface area contributed by atoms with Crippen LogP contribution in [0.5, 0.6) is 0 Å². The SMILES string of the molecule is CCCCN1C(=O)C(=C(N)N)C(=O)N(C2CCC3(CC2)CC2(CC(=O)NC(=O)O2)C3)C1=O. The van der Waals surface area contributed by atoms with Crippen molar-refractivity contribution in [3.05, 3.63) is 11.4 Å². The smallest absolute Gasteiger partial charge is 0.414 e. The van der Waals surface area contributed by atoms with Crippen molar-refractivity contribution < 1.29 is 28.7 Å². The first kappa shape index (κ1) is 22.1. The zero-order valence-corrected chi connectivity index (χ0v) is 18.1. The number of urea groups is 1. The van der Waals surface area contributed by atoms with E-state index in [1.165, 1.54) is 0 Å². The number of nitrogens with zero attached hydrogens (tertiary/aromatic N) is 2. The third-order valence-electron chi connectivity index (χ3n) is 7.16. The molecule has 2 saturated carbocycles. The molecule has 174 valence electrons. The van der Waals surface area contributed by atoms with Crippen LogP contribution >= 0.6 is 0 Å². The minimum absolute atomic E-state index is 0.0838. The van der Waals surface area contributed by atoms with E-state index in [0.717, 1.165) is 29.1 Å². The van der Waals surface area contributed by atoms with Gasteiger partial charge in [-0.05, 0) is 50.4 Å². The summed E-state index contributed by atoms with van der Waals surface area (Å²) in [6, 6.07) is -0.997. The van der Waals surface area contributed by atoms with Crippen LogP contribution in [0.4, 0.5) is 9.59 Å². The van der Waals surface area contributed by atoms with Gasteiger partial charge in [-0.2, -0.15) is 0 Å². The van der Waals surface area contributed by atoms with Gasteiger partial charge in [0.25, 0.3) is 11.8 Å². The molecule has 2 heterocycles. The van der Waals surface area contributed by atoms with Crippen molar-refractivity contribution >= 4 is 29.8 Å². The molecule has 32 heavy (non-hydrogen) atoms. The largest absolute Gasteiger partial charge is 0.442 e. The van der Waals surface area contributed by atoms with Crippen LogP contribution in [0.3, 0.4) is 0 Å². The Kier molecular flexibility index (Phi) is 5.38. The van der Waals surface area contributed by atoms with E-state index in [4.69, 9.17) is 16.2 Å². The normalized spacial score (nSPS) is 32.8. The van der Waals surface area contributed by atoms with Crippen LogP contribution in [-0.4, -0.2) is 57.8 Å². The molecule has 11 heteroatoms. The number of carbonyl (C=O) groups excluding carboxylic acids is 5. The molecule has 0 aromatic heterocycles. The number of amides is 6. The molecule has 2 aliphatic carbocycles. The molecule has 4 aliphatic rings. The first-order chi connectivity index (χ1) is 15.1. The molecule has 0 unspecified atom stereocenters. The molecule has 4 fully saturated rings. The van der Waals surface area contributed by atoms with E-state index in [2.05, 4.69) is 5.32 Å². The number of rotatable bonds is 4. The third-order valence-corrected chi connectivity index (χ3v) is 7.16. The van der Waals surface area contributed by atoms with E-state index in [1.54, 1.807) is 0 Å². The summed E-state index contributed by atoms with van der Waals surface area (Å²) in [7, 11) is 0. The van der Waals surface area contributed by atoms with Gasteiger partial charge in [0.1, 0.15) is 17.0 Å². The van der Waals surface area contributed by atoms with Crippen molar-refractivity contribution in [1.82, 2.24) is 15.1 Å². The minimum atomic E-state index is -0.740. The molecule has 0 bridgehead atoms. The number of nitrogens with one attached hydrogen (secondary N) is 1. The zero-order valence-electron chi connectivity index (χ0n) is 18.1. The Morgan fingerprint density at radius 1 is 1.09 bits per heavy atom. The molecular weight excluding hydrogens is 418 g/mol. The van der Waals surface area contributed by atoms with Crippen LogP contribution < -0.4 is 16.8 Å². The highest BCUT2D eigenvalue weighted by Gasteiger charge is 2.60. The fourth-order valence-corrected chi connectivity index (χ4v) is 5.78. The van der Waals surface area contributed by atoms with Crippen molar-refractivity contribution in [3.8, 4) is 0 Å². The Morgan fingerprint density at radius 2 is 1.75 bits per heavy atom. The van der Waals surface area contributed by atoms with E-state index >= 15 is 0 Å². The zero-order chi connectivity index (χ0) is 23.3. The fourth-order valence-electron chi connectivity index (χ4n) is 5.78. The predicted octanol–water partition coefficient (Wildman–Crippen LogP) is 0.824. The maximum Gasteiger partial charge on any atom is 0.414 e. The van der Waals surface area contributed by atoms with Gasteiger partial charge in [-0.25, -0.2) is 9.59 Å². The van der Waals surface area contributed by atoms with Gasteiger partial charge >= 0.3 is 12.1 Å². The highest BCUT2D eigenvalue weighted by atomic mass is 16.6. The van der Waals surface area contributed by atoms with E-state index in [9.17, 15) is 24.0 Å². The van der Waals surface area contributed by atoms with E-state index in [1.807, 2.05) is 6.92 Å². The number of hydrogen-bond acceptors (Lipinski definition) is 8. The van der Waals surface area contributed by atoms with Gasteiger partial charge in [-0.15, -0.1) is 0 Å². The van der Waals surface area contributed by atoms with Crippen molar-refractivity contribution in [2.75, 3.05) is 6.54 Å². The molecule has 6 amide bonds. The Labute approximate surface area is 185 Å². The molecule has 5 N–H and O–H groups in total. The van der Waals surface area contributed by atoms with E-state index in [-0.39, 0.29) is 41.7 Å². The van der Waals surface area contributed by atoms with Crippen molar-refractivity contribution in [1.29, 1.82) is 0 Å². The number of alkyl carbamates (subject to hydrolysis) is 1. The van der Waals surface area contributed by atoms with Gasteiger partial charge in [0.05, 0.1) is 6.42 Å². The Balaban J connectivity index is 1.46. The van der Waals surface area contributed by atoms with Crippen LogP contribution in [0.2, 0.25) is 0 Å². The number of nitrogens with two attached hydrogens (primary N) is 2. The van der Waals surface area contributed by atoms with Crippen molar-refractivity contribution in [2.24, 2.45) is 16.9 Å². The van der Waals surface area contributed by atoms with Crippen LogP contribution in [-0.2, 0) is 19.1 Å². The van der Waals surface area contributed by atoms with Crippen LogP contribution in [0, 0.1) is 5.41 Å². The first-order valence-corrected chi connectivity index (χ1v) is 11.1. The molecule has 0 aromatic rings. The standard InChI is InChI=1S/C21H29N5O6/c1-2-3-8-25-16(28)14(15(22)23)17(29)26(19(25)31)12-4-6-20(7-5-12)10-21(11-20)9-13(27)24-18(30)32-21/h12H,2-11,22-23H2,1H3,(H,24,27,30). The van der Waals surface area contributed by atoms with Crippen molar-refractivity contribution in [2.45, 2.75) is 76.4 Å². The first-order valence-electron chi connectivity index (χ1n) is 11.1. The topological polar surface area (TPSA) is 165 Å². The summed E-state index contributed by atoms with van der Waals surface area (Å²) < 4.78 is 5.42. The van der Waals surface area contributed by atoms with E-state index in [0.29, 0.717) is 32.1 Å². The maximum atomic E-state index is 13.1. The van der Waals surface area contributed by atoms with Gasteiger partial charge in [-0.3, -0.25) is 29.5 Å². The Morgan fingerprint density at radius 3 is 2.31 bits per heavy atom. The highest BCUT2D eigenvalue weighted by Crippen LogP contribution is 2.60. The Hall–Kier alpha value is -3.11. The van der Waals surface area contributed by atoms with Gasteiger partial charge in [0.15, 0.2) is 0 Å².